The number of para-hydroxylation sites is 2. The lowest BCUT2D eigenvalue weighted by Gasteiger charge is -2.29. The largest absolute Gasteiger partial charge is 0.310 e. The lowest BCUT2D eigenvalue weighted by molar-refractivity contribution is 1.18. The number of hydrogen-bond acceptors (Lipinski definition) is 1. The molecule has 0 aliphatic carbocycles. The zero-order chi connectivity index (χ0) is 37.3. The molecule has 1 aromatic heterocycles. The fraction of sp³-hybridized carbons (Fsp3) is 0. The van der Waals surface area contributed by atoms with Gasteiger partial charge >= 0.3 is 0 Å². The van der Waals surface area contributed by atoms with E-state index in [1.807, 2.05) is 0 Å². The first-order chi connectivity index (χ1) is 27.8. The van der Waals surface area contributed by atoms with Crippen LogP contribution in [0.15, 0.2) is 231 Å². The van der Waals surface area contributed by atoms with Crippen LogP contribution in [-0.2, 0) is 0 Å². The highest BCUT2D eigenvalue weighted by molar-refractivity contribution is 6.17. The van der Waals surface area contributed by atoms with Gasteiger partial charge in [-0.25, -0.2) is 0 Å². The van der Waals surface area contributed by atoms with Crippen LogP contribution in [0.25, 0.3) is 72.0 Å². The van der Waals surface area contributed by atoms with Crippen molar-refractivity contribution in [3.05, 3.63) is 231 Å². The average molecular weight is 715 g/mol. The Balaban J connectivity index is 1.29. The third kappa shape index (κ3) is 6.04. The molecule has 0 saturated heterocycles. The highest BCUT2D eigenvalue weighted by atomic mass is 15.1. The van der Waals surface area contributed by atoms with E-state index >= 15 is 0 Å². The van der Waals surface area contributed by atoms with E-state index in [0.29, 0.717) is 0 Å². The van der Waals surface area contributed by atoms with Crippen LogP contribution in [-0.4, -0.2) is 4.57 Å². The van der Waals surface area contributed by atoms with Gasteiger partial charge in [-0.2, -0.15) is 0 Å². The third-order valence-corrected chi connectivity index (χ3v) is 10.8. The third-order valence-electron chi connectivity index (χ3n) is 10.8. The highest BCUT2D eigenvalue weighted by Gasteiger charge is 2.22. The van der Waals surface area contributed by atoms with Crippen LogP contribution >= 0.6 is 0 Å². The van der Waals surface area contributed by atoms with E-state index < -0.39 is 0 Å². The van der Waals surface area contributed by atoms with Crippen molar-refractivity contribution in [1.82, 2.24) is 4.57 Å². The van der Waals surface area contributed by atoms with Crippen molar-refractivity contribution in [2.45, 2.75) is 0 Å². The van der Waals surface area contributed by atoms with E-state index in [9.17, 15) is 0 Å². The van der Waals surface area contributed by atoms with Gasteiger partial charge in [0.1, 0.15) is 0 Å². The van der Waals surface area contributed by atoms with Crippen LogP contribution in [0.1, 0.15) is 0 Å². The number of aromatic nitrogens is 1. The minimum atomic E-state index is 1.08. The molecule has 0 amide bonds. The van der Waals surface area contributed by atoms with Gasteiger partial charge in [0.15, 0.2) is 0 Å². The monoisotopic (exact) mass is 714 g/mol. The van der Waals surface area contributed by atoms with Gasteiger partial charge in [-0.15, -0.1) is 0 Å². The molecule has 264 valence electrons. The van der Waals surface area contributed by atoms with Crippen molar-refractivity contribution in [2.75, 3.05) is 4.90 Å². The topological polar surface area (TPSA) is 8.17 Å². The maximum Gasteiger partial charge on any atom is 0.0547 e. The molecule has 0 N–H and O–H groups in total. The second kappa shape index (κ2) is 14.4. The molecule has 0 atom stereocenters. The minimum Gasteiger partial charge on any atom is -0.310 e. The first-order valence-corrected chi connectivity index (χ1v) is 19.2. The molecule has 0 aliphatic rings. The van der Waals surface area contributed by atoms with Crippen molar-refractivity contribution in [1.29, 1.82) is 0 Å². The van der Waals surface area contributed by atoms with Gasteiger partial charge in [0.2, 0.25) is 0 Å². The fourth-order valence-corrected chi connectivity index (χ4v) is 8.20. The van der Waals surface area contributed by atoms with E-state index in [-0.39, 0.29) is 0 Å². The van der Waals surface area contributed by atoms with Crippen molar-refractivity contribution < 1.29 is 0 Å². The Bertz CT molecular complexity index is 2880. The van der Waals surface area contributed by atoms with Crippen molar-refractivity contribution in [3.8, 4) is 50.2 Å². The van der Waals surface area contributed by atoms with Crippen molar-refractivity contribution >= 4 is 38.9 Å². The molecule has 0 unspecified atom stereocenters. The fourth-order valence-electron chi connectivity index (χ4n) is 8.20. The van der Waals surface area contributed by atoms with Crippen LogP contribution in [0.3, 0.4) is 0 Å². The van der Waals surface area contributed by atoms with E-state index in [1.165, 1.54) is 44.1 Å². The van der Waals surface area contributed by atoms with Gasteiger partial charge in [0.05, 0.1) is 16.7 Å². The zero-order valence-corrected chi connectivity index (χ0v) is 30.8. The molecule has 56 heavy (non-hydrogen) atoms. The number of hydrogen-bond donors (Lipinski definition) is 0. The first kappa shape index (κ1) is 33.2. The number of nitrogens with zero attached hydrogens (tertiary/aromatic N) is 2. The second-order valence-electron chi connectivity index (χ2n) is 14.2. The van der Waals surface area contributed by atoms with E-state index in [2.05, 4.69) is 240 Å². The number of benzene rings is 9. The quantitative estimate of drug-likeness (QED) is 0.152. The molecule has 1 heterocycles. The van der Waals surface area contributed by atoms with E-state index in [0.717, 1.165) is 45.0 Å². The molecule has 0 aliphatic heterocycles. The number of fused-ring (bicyclic) bond motifs is 3. The summed E-state index contributed by atoms with van der Waals surface area (Å²) >= 11 is 0. The first-order valence-electron chi connectivity index (χ1n) is 19.2. The number of rotatable bonds is 8. The van der Waals surface area contributed by atoms with Gasteiger partial charge in [-0.3, -0.25) is 0 Å². The molecular weight excluding hydrogens is 677 g/mol. The van der Waals surface area contributed by atoms with Crippen molar-refractivity contribution in [3.63, 3.8) is 0 Å². The van der Waals surface area contributed by atoms with Crippen LogP contribution in [0.4, 0.5) is 17.1 Å². The van der Waals surface area contributed by atoms with Crippen LogP contribution in [0.5, 0.6) is 0 Å². The predicted octanol–water partition coefficient (Wildman–Crippen LogP) is 14.9. The Morgan fingerprint density at radius 2 is 0.804 bits per heavy atom. The van der Waals surface area contributed by atoms with Crippen LogP contribution in [0.2, 0.25) is 0 Å². The Kier molecular flexibility index (Phi) is 8.55. The maximum atomic E-state index is 2.46. The summed E-state index contributed by atoms with van der Waals surface area (Å²) in [6, 6.07) is 83.2. The van der Waals surface area contributed by atoms with Gasteiger partial charge in [0.25, 0.3) is 0 Å². The Morgan fingerprint density at radius 1 is 0.304 bits per heavy atom. The molecule has 2 nitrogen and oxygen atoms in total. The summed E-state index contributed by atoms with van der Waals surface area (Å²) in [4.78, 5) is 2.46. The van der Waals surface area contributed by atoms with Crippen LogP contribution in [0, 0.1) is 0 Å². The molecule has 0 radical (unpaired) electrons. The summed E-state index contributed by atoms with van der Waals surface area (Å²) in [7, 11) is 0. The van der Waals surface area contributed by atoms with E-state index in [4.69, 9.17) is 0 Å². The lowest BCUT2D eigenvalue weighted by Crippen LogP contribution is -2.11. The molecule has 10 aromatic rings. The Morgan fingerprint density at radius 3 is 1.41 bits per heavy atom. The average Bonchev–Trinajstić information content (AvgIpc) is 3.62. The summed E-state index contributed by atoms with van der Waals surface area (Å²) in [6.07, 6.45) is 0. The molecule has 10 rings (SSSR count). The maximum absolute atomic E-state index is 2.46. The molecule has 0 spiro atoms. The minimum absolute atomic E-state index is 1.08. The summed E-state index contributed by atoms with van der Waals surface area (Å²) < 4.78 is 2.41. The molecular formula is C54H38N2. The zero-order valence-electron chi connectivity index (χ0n) is 30.8. The summed E-state index contributed by atoms with van der Waals surface area (Å²) in [5.74, 6) is 0. The van der Waals surface area contributed by atoms with Gasteiger partial charge < -0.3 is 9.47 Å². The molecule has 0 saturated carbocycles. The highest BCUT2D eigenvalue weighted by Crippen LogP contribution is 2.46. The second-order valence-corrected chi connectivity index (χ2v) is 14.2. The normalized spacial score (nSPS) is 11.2. The lowest BCUT2D eigenvalue weighted by atomic mass is 9.96. The molecule has 2 heteroatoms. The summed E-state index contributed by atoms with van der Waals surface area (Å²) in [5, 5.41) is 2.43. The molecule has 0 fully saturated rings. The van der Waals surface area contributed by atoms with Crippen LogP contribution < -0.4 is 4.90 Å². The van der Waals surface area contributed by atoms with Gasteiger partial charge in [-0.1, -0.05) is 170 Å². The predicted molar refractivity (Wildman–Crippen MR) is 237 cm³/mol. The van der Waals surface area contributed by atoms with Crippen molar-refractivity contribution in [2.24, 2.45) is 0 Å². The Hall–Kier alpha value is -7.42. The standard InChI is InChI=1S/C54H38N2/c1-6-19-39(20-7-1)43-35-44(40-21-8-2-9-22-40)37-47(36-43)55(51-31-17-16-29-48(51)41-23-10-3-11-24-41)46-33-34-52-50(38-46)54-49(42-25-12-4-13-26-42)30-18-32-53(54)56(52)45-27-14-5-15-28-45/h1-38H. The Labute approximate surface area is 327 Å². The van der Waals surface area contributed by atoms with Gasteiger partial charge in [0, 0.05) is 33.4 Å². The molecule has 0 bridgehead atoms. The SMILES string of the molecule is c1ccc(-c2cc(-c3ccccc3)cc(N(c3ccc4c(c3)c3c(-c5ccccc5)cccc3n4-c3ccccc3)c3ccccc3-c3ccccc3)c2)cc1. The van der Waals surface area contributed by atoms with Gasteiger partial charge in [-0.05, 0) is 99.6 Å². The van der Waals surface area contributed by atoms with E-state index in [1.54, 1.807) is 0 Å². The number of anilines is 3. The summed E-state index contributed by atoms with van der Waals surface area (Å²) in [5.41, 5.74) is 16.2. The molecule has 9 aromatic carbocycles. The summed E-state index contributed by atoms with van der Waals surface area (Å²) in [6.45, 7) is 0. The smallest absolute Gasteiger partial charge is 0.0547 e.